The van der Waals surface area contributed by atoms with Crippen LogP contribution in [-0.2, 0) is 19.4 Å². The molecule has 0 spiro atoms. The molecule has 3 rings (SSSR count). The number of likely N-dealkylation sites (tertiary alicyclic amines) is 1. The zero-order valence-electron chi connectivity index (χ0n) is 11.0. The summed E-state index contributed by atoms with van der Waals surface area (Å²) in [6.45, 7) is 4.54. The minimum Gasteiger partial charge on any atom is -0.327 e. The highest BCUT2D eigenvalue weighted by atomic mass is 15.4. The van der Waals surface area contributed by atoms with Crippen LogP contribution in [-0.4, -0.2) is 45.3 Å². The van der Waals surface area contributed by atoms with Crippen LogP contribution in [0.3, 0.4) is 0 Å². The number of rotatable bonds is 3. The Morgan fingerprint density at radius 1 is 1.17 bits per heavy atom. The molecule has 1 aromatic rings. The van der Waals surface area contributed by atoms with Gasteiger partial charge >= 0.3 is 0 Å². The topological polar surface area (TPSA) is 60.0 Å². The van der Waals surface area contributed by atoms with E-state index in [0.717, 1.165) is 44.0 Å². The van der Waals surface area contributed by atoms with E-state index in [9.17, 15) is 0 Å². The Morgan fingerprint density at radius 2 is 2.00 bits per heavy atom. The molecule has 0 aromatic carbocycles. The molecule has 1 unspecified atom stereocenters. The van der Waals surface area contributed by atoms with Crippen molar-refractivity contribution < 1.29 is 0 Å². The van der Waals surface area contributed by atoms with Gasteiger partial charge in [-0.05, 0) is 32.4 Å². The monoisotopic (exact) mass is 249 g/mol. The van der Waals surface area contributed by atoms with Crippen LogP contribution in [0.4, 0.5) is 0 Å². The Kier molecular flexibility index (Phi) is 3.61. The standard InChI is InChI=1S/C13H23N5/c14-11-4-9-18-13(10-11)15-12(16-18)5-8-17-6-2-1-3-7-17/h11H,1-10,14H2. The fourth-order valence-corrected chi connectivity index (χ4v) is 2.93. The van der Waals surface area contributed by atoms with Crippen molar-refractivity contribution in [1.29, 1.82) is 0 Å². The van der Waals surface area contributed by atoms with Gasteiger partial charge in [-0.25, -0.2) is 9.67 Å². The molecule has 2 N–H and O–H groups in total. The smallest absolute Gasteiger partial charge is 0.152 e. The van der Waals surface area contributed by atoms with E-state index in [1.165, 1.54) is 32.4 Å². The normalized spacial score (nSPS) is 25.1. The van der Waals surface area contributed by atoms with Crippen LogP contribution >= 0.6 is 0 Å². The van der Waals surface area contributed by atoms with Crippen molar-refractivity contribution in [2.24, 2.45) is 5.73 Å². The molecule has 18 heavy (non-hydrogen) atoms. The summed E-state index contributed by atoms with van der Waals surface area (Å²) in [7, 11) is 0. The SMILES string of the molecule is NC1CCn2nc(CCN3CCCCC3)nc2C1. The first-order valence-electron chi connectivity index (χ1n) is 7.22. The van der Waals surface area contributed by atoms with Gasteiger partial charge < -0.3 is 10.6 Å². The van der Waals surface area contributed by atoms with Crippen LogP contribution in [0.2, 0.25) is 0 Å². The van der Waals surface area contributed by atoms with E-state index in [0.29, 0.717) is 0 Å². The lowest BCUT2D eigenvalue weighted by Crippen LogP contribution is -2.31. The molecule has 1 atom stereocenters. The lowest BCUT2D eigenvalue weighted by atomic mass is 10.1. The third-order valence-corrected chi connectivity index (χ3v) is 4.05. The summed E-state index contributed by atoms with van der Waals surface area (Å²) in [5.41, 5.74) is 5.96. The molecule has 5 heteroatoms. The maximum atomic E-state index is 5.96. The van der Waals surface area contributed by atoms with E-state index in [1.54, 1.807) is 0 Å². The highest BCUT2D eigenvalue weighted by molar-refractivity contribution is 4.99. The summed E-state index contributed by atoms with van der Waals surface area (Å²) in [4.78, 5) is 7.17. The molecule has 1 aromatic heterocycles. The van der Waals surface area contributed by atoms with Gasteiger partial charge in [0.15, 0.2) is 5.82 Å². The molecular weight excluding hydrogens is 226 g/mol. The van der Waals surface area contributed by atoms with Crippen molar-refractivity contribution in [2.45, 2.75) is 51.1 Å². The van der Waals surface area contributed by atoms with Gasteiger partial charge in [-0.2, -0.15) is 5.10 Å². The van der Waals surface area contributed by atoms with Crippen molar-refractivity contribution in [2.75, 3.05) is 19.6 Å². The molecule has 0 saturated carbocycles. The minimum absolute atomic E-state index is 0.275. The van der Waals surface area contributed by atoms with Gasteiger partial charge in [-0.3, -0.25) is 0 Å². The summed E-state index contributed by atoms with van der Waals surface area (Å²) >= 11 is 0. The first-order chi connectivity index (χ1) is 8.81. The summed E-state index contributed by atoms with van der Waals surface area (Å²) in [5, 5.41) is 4.59. The number of hydrogen-bond donors (Lipinski definition) is 1. The first-order valence-corrected chi connectivity index (χ1v) is 7.22. The van der Waals surface area contributed by atoms with E-state index < -0.39 is 0 Å². The van der Waals surface area contributed by atoms with Crippen LogP contribution < -0.4 is 5.73 Å². The maximum absolute atomic E-state index is 5.96. The molecule has 0 amide bonds. The van der Waals surface area contributed by atoms with Gasteiger partial charge in [-0.15, -0.1) is 0 Å². The van der Waals surface area contributed by atoms with Gasteiger partial charge in [0.2, 0.25) is 0 Å². The third-order valence-electron chi connectivity index (χ3n) is 4.05. The number of piperidine rings is 1. The summed E-state index contributed by atoms with van der Waals surface area (Å²) < 4.78 is 2.05. The van der Waals surface area contributed by atoms with E-state index in [-0.39, 0.29) is 6.04 Å². The Balaban J connectivity index is 1.56. The number of aromatic nitrogens is 3. The summed E-state index contributed by atoms with van der Waals surface area (Å²) in [6.07, 6.45) is 6.99. The van der Waals surface area contributed by atoms with E-state index >= 15 is 0 Å². The van der Waals surface area contributed by atoms with Crippen LogP contribution in [0.5, 0.6) is 0 Å². The molecular formula is C13H23N5. The lowest BCUT2D eigenvalue weighted by molar-refractivity contribution is 0.230. The molecule has 100 valence electrons. The third kappa shape index (κ3) is 2.72. The molecule has 0 aliphatic carbocycles. The van der Waals surface area contributed by atoms with Crippen LogP contribution in [0, 0.1) is 0 Å². The molecule has 0 bridgehead atoms. The Hall–Kier alpha value is -0.940. The molecule has 2 aliphatic heterocycles. The maximum Gasteiger partial charge on any atom is 0.152 e. The highest BCUT2D eigenvalue weighted by Gasteiger charge is 2.19. The second-order valence-electron chi connectivity index (χ2n) is 5.57. The molecule has 1 fully saturated rings. The van der Waals surface area contributed by atoms with Gasteiger partial charge in [0.1, 0.15) is 5.82 Å². The predicted molar refractivity (Wildman–Crippen MR) is 70.3 cm³/mol. The number of nitrogens with zero attached hydrogens (tertiary/aromatic N) is 4. The molecule has 5 nitrogen and oxygen atoms in total. The summed E-state index contributed by atoms with van der Waals surface area (Å²) in [6, 6.07) is 0.275. The van der Waals surface area contributed by atoms with Crippen molar-refractivity contribution in [1.82, 2.24) is 19.7 Å². The van der Waals surface area contributed by atoms with E-state index in [4.69, 9.17) is 5.73 Å². The Labute approximate surface area is 108 Å². The quantitative estimate of drug-likeness (QED) is 0.851. The number of aryl methyl sites for hydroxylation is 1. The van der Waals surface area contributed by atoms with Crippen molar-refractivity contribution >= 4 is 0 Å². The first kappa shape index (κ1) is 12.1. The zero-order valence-corrected chi connectivity index (χ0v) is 11.0. The van der Waals surface area contributed by atoms with Crippen LogP contribution in [0.1, 0.15) is 37.3 Å². The van der Waals surface area contributed by atoms with Gasteiger partial charge in [0.25, 0.3) is 0 Å². The fraction of sp³-hybridized carbons (Fsp3) is 0.846. The Bertz CT molecular complexity index is 394. The van der Waals surface area contributed by atoms with E-state index in [2.05, 4.69) is 19.7 Å². The summed E-state index contributed by atoms with van der Waals surface area (Å²) in [5.74, 6) is 2.09. The average molecular weight is 249 g/mol. The Morgan fingerprint density at radius 3 is 2.83 bits per heavy atom. The van der Waals surface area contributed by atoms with Crippen LogP contribution in [0.15, 0.2) is 0 Å². The minimum atomic E-state index is 0.275. The average Bonchev–Trinajstić information content (AvgIpc) is 2.79. The number of nitrogens with two attached hydrogens (primary N) is 1. The van der Waals surface area contributed by atoms with Crippen molar-refractivity contribution in [3.05, 3.63) is 11.6 Å². The fourth-order valence-electron chi connectivity index (χ4n) is 2.93. The molecule has 3 heterocycles. The molecule has 1 saturated heterocycles. The number of fused-ring (bicyclic) bond motifs is 1. The highest BCUT2D eigenvalue weighted by Crippen LogP contribution is 2.13. The predicted octanol–water partition coefficient (Wildman–Crippen LogP) is 0.580. The van der Waals surface area contributed by atoms with Gasteiger partial charge in [0, 0.05) is 32.0 Å². The van der Waals surface area contributed by atoms with Crippen molar-refractivity contribution in [3.8, 4) is 0 Å². The second-order valence-corrected chi connectivity index (χ2v) is 5.57. The zero-order chi connectivity index (χ0) is 12.4. The van der Waals surface area contributed by atoms with Crippen LogP contribution in [0.25, 0.3) is 0 Å². The largest absolute Gasteiger partial charge is 0.327 e. The van der Waals surface area contributed by atoms with Crippen molar-refractivity contribution in [3.63, 3.8) is 0 Å². The molecule has 0 radical (unpaired) electrons. The van der Waals surface area contributed by atoms with Gasteiger partial charge in [-0.1, -0.05) is 6.42 Å². The lowest BCUT2D eigenvalue weighted by Gasteiger charge is -2.25. The molecule has 2 aliphatic rings. The van der Waals surface area contributed by atoms with Gasteiger partial charge in [0.05, 0.1) is 0 Å². The number of hydrogen-bond acceptors (Lipinski definition) is 4. The van der Waals surface area contributed by atoms with E-state index in [1.807, 2.05) is 0 Å². The second kappa shape index (κ2) is 5.36.